The highest BCUT2D eigenvalue weighted by atomic mass is 19.1. The van der Waals surface area contributed by atoms with E-state index in [0.717, 1.165) is 37.8 Å². The summed E-state index contributed by atoms with van der Waals surface area (Å²) in [7, 11) is 0. The average molecular weight is 266 g/mol. The average Bonchev–Trinajstić information content (AvgIpc) is 2.36. The van der Waals surface area contributed by atoms with Gasteiger partial charge in [-0.05, 0) is 37.3 Å². The molecule has 1 aliphatic carbocycles. The first kappa shape index (κ1) is 13.8. The maximum absolute atomic E-state index is 12.8. The number of hydrogen-bond donors (Lipinski definition) is 3. The lowest BCUT2D eigenvalue weighted by molar-refractivity contribution is 0.0939. The van der Waals surface area contributed by atoms with Crippen molar-refractivity contribution in [2.75, 3.05) is 6.54 Å². The molecule has 0 bridgehead atoms. The molecule has 2 atom stereocenters. The molecule has 0 spiro atoms. The summed E-state index contributed by atoms with van der Waals surface area (Å²) in [5.41, 5.74) is 5.99. The summed E-state index contributed by atoms with van der Waals surface area (Å²) >= 11 is 0. The summed E-state index contributed by atoms with van der Waals surface area (Å²) in [4.78, 5) is 11.9. The van der Waals surface area contributed by atoms with Crippen LogP contribution in [0.1, 0.15) is 36.0 Å². The van der Waals surface area contributed by atoms with Crippen LogP contribution in [0.4, 0.5) is 4.39 Å². The number of halogens is 1. The Kier molecular flexibility index (Phi) is 4.37. The van der Waals surface area contributed by atoms with E-state index in [1.54, 1.807) is 0 Å². The van der Waals surface area contributed by atoms with E-state index in [9.17, 15) is 14.3 Å². The van der Waals surface area contributed by atoms with Crippen molar-refractivity contribution < 1.29 is 14.3 Å². The fourth-order valence-corrected chi connectivity index (χ4v) is 2.55. The molecule has 0 aliphatic heterocycles. The standard InChI is InChI=1S/C14H19FN2O2/c15-10-4-5-12(13(18)7-10)14(19)17-8-9-2-1-3-11(16)6-9/h4-5,7,9,11,18H,1-3,6,8,16H2,(H,17,19). The van der Waals surface area contributed by atoms with Crippen molar-refractivity contribution in [3.05, 3.63) is 29.6 Å². The minimum absolute atomic E-state index is 0.0986. The zero-order valence-electron chi connectivity index (χ0n) is 10.7. The molecule has 0 radical (unpaired) electrons. The van der Waals surface area contributed by atoms with Crippen LogP contribution in [0.15, 0.2) is 18.2 Å². The van der Waals surface area contributed by atoms with Crippen LogP contribution >= 0.6 is 0 Å². The third-order valence-corrected chi connectivity index (χ3v) is 3.58. The Hall–Kier alpha value is -1.62. The molecule has 1 aromatic rings. The van der Waals surface area contributed by atoms with Crippen molar-refractivity contribution in [1.29, 1.82) is 0 Å². The quantitative estimate of drug-likeness (QED) is 0.780. The molecule has 1 fully saturated rings. The van der Waals surface area contributed by atoms with Gasteiger partial charge in [0.15, 0.2) is 0 Å². The number of benzene rings is 1. The summed E-state index contributed by atoms with van der Waals surface area (Å²) < 4.78 is 12.8. The monoisotopic (exact) mass is 266 g/mol. The molecule has 0 aromatic heterocycles. The minimum atomic E-state index is -0.563. The lowest BCUT2D eigenvalue weighted by Gasteiger charge is -2.26. The number of amides is 1. The number of rotatable bonds is 3. The van der Waals surface area contributed by atoms with Gasteiger partial charge >= 0.3 is 0 Å². The van der Waals surface area contributed by atoms with Gasteiger partial charge < -0.3 is 16.2 Å². The highest BCUT2D eigenvalue weighted by Gasteiger charge is 2.20. The Balaban J connectivity index is 1.90. The Labute approximate surface area is 111 Å². The predicted octanol–water partition coefficient (Wildman–Crippen LogP) is 1.78. The van der Waals surface area contributed by atoms with Gasteiger partial charge in [0.1, 0.15) is 11.6 Å². The third kappa shape index (κ3) is 3.67. The van der Waals surface area contributed by atoms with Gasteiger partial charge in [-0.15, -0.1) is 0 Å². The molecule has 0 saturated heterocycles. The molecule has 1 aromatic carbocycles. The van der Waals surface area contributed by atoms with E-state index in [1.165, 1.54) is 6.07 Å². The molecular formula is C14H19FN2O2. The van der Waals surface area contributed by atoms with Crippen molar-refractivity contribution in [3.8, 4) is 5.75 Å². The van der Waals surface area contributed by atoms with Crippen LogP contribution < -0.4 is 11.1 Å². The van der Waals surface area contributed by atoms with Gasteiger partial charge in [0, 0.05) is 18.7 Å². The van der Waals surface area contributed by atoms with Crippen molar-refractivity contribution >= 4 is 5.91 Å². The van der Waals surface area contributed by atoms with E-state index in [2.05, 4.69) is 5.32 Å². The van der Waals surface area contributed by atoms with E-state index >= 15 is 0 Å². The second-order valence-corrected chi connectivity index (χ2v) is 5.16. The number of phenolic OH excluding ortho intramolecular Hbond substituents is 1. The van der Waals surface area contributed by atoms with Crippen LogP contribution in [-0.2, 0) is 0 Å². The molecule has 2 unspecified atom stereocenters. The van der Waals surface area contributed by atoms with Crippen LogP contribution in [-0.4, -0.2) is 23.6 Å². The molecular weight excluding hydrogens is 247 g/mol. The second kappa shape index (κ2) is 6.02. The van der Waals surface area contributed by atoms with Gasteiger partial charge in [-0.1, -0.05) is 6.42 Å². The van der Waals surface area contributed by atoms with Crippen molar-refractivity contribution in [3.63, 3.8) is 0 Å². The largest absolute Gasteiger partial charge is 0.507 e. The number of carbonyl (C=O) groups is 1. The first-order chi connectivity index (χ1) is 9.06. The number of hydrogen-bond acceptors (Lipinski definition) is 3. The lowest BCUT2D eigenvalue weighted by atomic mass is 9.86. The fraction of sp³-hybridized carbons (Fsp3) is 0.500. The highest BCUT2D eigenvalue weighted by Crippen LogP contribution is 2.23. The number of carbonyl (C=O) groups excluding carboxylic acids is 1. The van der Waals surface area contributed by atoms with E-state index in [1.807, 2.05) is 0 Å². The fourth-order valence-electron chi connectivity index (χ4n) is 2.55. The Morgan fingerprint density at radius 1 is 1.47 bits per heavy atom. The van der Waals surface area contributed by atoms with Crippen LogP contribution in [0.3, 0.4) is 0 Å². The second-order valence-electron chi connectivity index (χ2n) is 5.16. The van der Waals surface area contributed by atoms with Crippen molar-refractivity contribution in [1.82, 2.24) is 5.32 Å². The van der Waals surface area contributed by atoms with Crippen molar-refractivity contribution in [2.45, 2.75) is 31.7 Å². The zero-order valence-corrected chi connectivity index (χ0v) is 10.7. The van der Waals surface area contributed by atoms with Gasteiger partial charge in [-0.3, -0.25) is 4.79 Å². The smallest absolute Gasteiger partial charge is 0.255 e. The van der Waals surface area contributed by atoms with Gasteiger partial charge in [-0.25, -0.2) is 4.39 Å². The first-order valence-corrected chi connectivity index (χ1v) is 6.58. The van der Waals surface area contributed by atoms with E-state index < -0.39 is 5.82 Å². The molecule has 1 saturated carbocycles. The molecule has 19 heavy (non-hydrogen) atoms. The molecule has 4 nitrogen and oxygen atoms in total. The summed E-state index contributed by atoms with van der Waals surface area (Å²) in [6.45, 7) is 0.545. The van der Waals surface area contributed by atoms with Gasteiger partial charge in [0.2, 0.25) is 0 Å². The summed E-state index contributed by atoms with van der Waals surface area (Å²) in [5.74, 6) is -0.892. The van der Waals surface area contributed by atoms with Gasteiger partial charge in [0.25, 0.3) is 5.91 Å². The zero-order chi connectivity index (χ0) is 13.8. The molecule has 4 N–H and O–H groups in total. The summed E-state index contributed by atoms with van der Waals surface area (Å²) in [6, 6.07) is 3.60. The molecule has 1 aliphatic rings. The minimum Gasteiger partial charge on any atom is -0.507 e. The highest BCUT2D eigenvalue weighted by molar-refractivity contribution is 5.96. The maximum atomic E-state index is 12.8. The molecule has 1 amide bonds. The van der Waals surface area contributed by atoms with Crippen molar-refractivity contribution in [2.24, 2.45) is 11.7 Å². The third-order valence-electron chi connectivity index (χ3n) is 3.58. The number of aromatic hydroxyl groups is 1. The Morgan fingerprint density at radius 2 is 2.26 bits per heavy atom. The van der Waals surface area contributed by atoms with E-state index in [4.69, 9.17) is 5.73 Å². The van der Waals surface area contributed by atoms with Crippen LogP contribution in [0.2, 0.25) is 0 Å². The lowest BCUT2D eigenvalue weighted by Crippen LogP contribution is -2.35. The molecule has 5 heteroatoms. The normalized spacial score (nSPS) is 23.1. The maximum Gasteiger partial charge on any atom is 0.255 e. The number of phenols is 1. The molecule has 0 heterocycles. The van der Waals surface area contributed by atoms with Crippen LogP contribution in [0, 0.1) is 11.7 Å². The van der Waals surface area contributed by atoms with Gasteiger partial charge in [-0.2, -0.15) is 0 Å². The topological polar surface area (TPSA) is 75.3 Å². The molecule has 104 valence electrons. The Bertz CT molecular complexity index is 465. The van der Waals surface area contributed by atoms with Crippen LogP contribution in [0.25, 0.3) is 0 Å². The number of nitrogens with two attached hydrogens (primary N) is 1. The first-order valence-electron chi connectivity index (χ1n) is 6.58. The summed E-state index contributed by atoms with van der Waals surface area (Å²) in [5, 5.41) is 12.3. The number of nitrogens with one attached hydrogen (secondary N) is 1. The molecule has 2 rings (SSSR count). The Morgan fingerprint density at radius 3 is 2.95 bits per heavy atom. The SMILES string of the molecule is NC1CCCC(CNC(=O)c2ccc(F)cc2O)C1. The van der Waals surface area contributed by atoms with Gasteiger partial charge in [0.05, 0.1) is 5.56 Å². The van der Waals surface area contributed by atoms with E-state index in [-0.39, 0.29) is 23.3 Å². The van der Waals surface area contributed by atoms with E-state index in [0.29, 0.717) is 12.5 Å². The predicted molar refractivity (Wildman–Crippen MR) is 70.3 cm³/mol. The summed E-state index contributed by atoms with van der Waals surface area (Å²) in [6.07, 6.45) is 4.10. The van der Waals surface area contributed by atoms with Crippen LogP contribution in [0.5, 0.6) is 5.75 Å².